The van der Waals surface area contributed by atoms with Crippen molar-refractivity contribution in [1.82, 2.24) is 25.2 Å². The summed E-state index contributed by atoms with van der Waals surface area (Å²) >= 11 is 0. The van der Waals surface area contributed by atoms with Crippen LogP contribution in [0.15, 0.2) is 66.7 Å². The SMILES string of the molecule is CCC[C@@H]1C=C[C@H]2[C@@H](C(=O)N([C@@H](CO)Cc3ccccc3)[C@@H]2C(=O)NCn2nnc3ccccc32)[C@@H]1C(=O)OCC. The van der Waals surface area contributed by atoms with E-state index >= 15 is 0 Å². The van der Waals surface area contributed by atoms with E-state index in [1.54, 1.807) is 11.6 Å². The van der Waals surface area contributed by atoms with Crippen LogP contribution in [0.2, 0.25) is 0 Å². The minimum absolute atomic E-state index is 0.0568. The van der Waals surface area contributed by atoms with Gasteiger partial charge in [-0.25, -0.2) is 4.68 Å². The molecule has 0 spiro atoms. The number of nitrogens with one attached hydrogen (secondary N) is 1. The second-order valence-electron chi connectivity index (χ2n) is 10.7. The van der Waals surface area contributed by atoms with Crippen LogP contribution in [0.3, 0.4) is 0 Å². The van der Waals surface area contributed by atoms with E-state index in [1.165, 1.54) is 4.90 Å². The normalized spacial score (nSPS) is 24.3. The number of fused-ring (bicyclic) bond motifs is 2. The van der Waals surface area contributed by atoms with Crippen molar-refractivity contribution in [2.24, 2.45) is 23.7 Å². The lowest BCUT2D eigenvalue weighted by atomic mass is 9.69. The molecule has 3 aromatic rings. The Kier molecular flexibility index (Phi) is 8.78. The first-order chi connectivity index (χ1) is 20.0. The van der Waals surface area contributed by atoms with Crippen LogP contribution < -0.4 is 5.32 Å². The molecule has 216 valence electrons. The maximum Gasteiger partial charge on any atom is 0.310 e. The summed E-state index contributed by atoms with van der Waals surface area (Å²) < 4.78 is 7.05. The van der Waals surface area contributed by atoms with Crippen molar-refractivity contribution < 1.29 is 24.2 Å². The van der Waals surface area contributed by atoms with E-state index in [0.717, 1.165) is 23.9 Å². The highest BCUT2D eigenvalue weighted by Gasteiger charge is 2.58. The number of esters is 1. The molecule has 10 heteroatoms. The lowest BCUT2D eigenvalue weighted by Gasteiger charge is -2.34. The molecule has 1 saturated heterocycles. The molecule has 2 amide bonds. The molecule has 1 aliphatic heterocycles. The van der Waals surface area contributed by atoms with Crippen LogP contribution >= 0.6 is 0 Å². The highest BCUT2D eigenvalue weighted by atomic mass is 16.5. The number of allylic oxidation sites excluding steroid dienone is 1. The fourth-order valence-electron chi connectivity index (χ4n) is 6.44. The fraction of sp³-hybridized carbons (Fsp3) is 0.452. The van der Waals surface area contributed by atoms with E-state index in [1.807, 2.05) is 73.7 Å². The topological polar surface area (TPSA) is 127 Å². The molecule has 2 aliphatic rings. The van der Waals surface area contributed by atoms with Crippen molar-refractivity contribution in [2.45, 2.75) is 51.9 Å². The minimum Gasteiger partial charge on any atom is -0.466 e. The summed E-state index contributed by atoms with van der Waals surface area (Å²) in [5, 5.41) is 21.8. The van der Waals surface area contributed by atoms with Gasteiger partial charge in [0.15, 0.2) is 0 Å². The zero-order chi connectivity index (χ0) is 28.9. The Balaban J connectivity index is 1.49. The molecule has 0 bridgehead atoms. The van der Waals surface area contributed by atoms with Gasteiger partial charge in [0.05, 0.1) is 36.6 Å². The van der Waals surface area contributed by atoms with E-state index in [9.17, 15) is 19.5 Å². The lowest BCUT2D eigenvalue weighted by Crippen LogP contribution is -2.53. The first-order valence-electron chi connectivity index (χ1n) is 14.4. The number of likely N-dealkylation sites (tertiary alicyclic amines) is 1. The zero-order valence-electron chi connectivity index (χ0n) is 23.4. The largest absolute Gasteiger partial charge is 0.466 e. The Labute approximate surface area is 239 Å². The molecule has 0 saturated carbocycles. The maximum atomic E-state index is 14.3. The average molecular weight is 560 g/mol. The minimum atomic E-state index is -0.918. The molecule has 2 heterocycles. The van der Waals surface area contributed by atoms with E-state index in [2.05, 4.69) is 15.6 Å². The van der Waals surface area contributed by atoms with Gasteiger partial charge in [0.2, 0.25) is 11.8 Å². The third kappa shape index (κ3) is 5.61. The number of aromatic nitrogens is 3. The quantitative estimate of drug-likeness (QED) is 0.273. The molecule has 2 aromatic carbocycles. The molecule has 2 N–H and O–H groups in total. The summed E-state index contributed by atoms with van der Waals surface area (Å²) in [5.74, 6) is -3.29. The van der Waals surface area contributed by atoms with Crippen LogP contribution in [0.1, 0.15) is 32.3 Å². The van der Waals surface area contributed by atoms with Gasteiger partial charge in [-0.15, -0.1) is 5.10 Å². The molecule has 1 aliphatic carbocycles. The smallest absolute Gasteiger partial charge is 0.310 e. The van der Waals surface area contributed by atoms with Gasteiger partial charge in [-0.1, -0.05) is 73.2 Å². The lowest BCUT2D eigenvalue weighted by molar-refractivity contribution is -0.156. The molecule has 10 nitrogen and oxygen atoms in total. The van der Waals surface area contributed by atoms with Gasteiger partial charge in [-0.2, -0.15) is 0 Å². The molecule has 0 radical (unpaired) electrons. The third-order valence-corrected chi connectivity index (χ3v) is 8.24. The number of hydrogen-bond acceptors (Lipinski definition) is 7. The predicted molar refractivity (Wildman–Crippen MR) is 152 cm³/mol. The number of rotatable bonds is 11. The first kappa shape index (κ1) is 28.5. The summed E-state index contributed by atoms with van der Waals surface area (Å²) in [7, 11) is 0. The van der Waals surface area contributed by atoms with Crippen molar-refractivity contribution in [3.8, 4) is 0 Å². The maximum absolute atomic E-state index is 14.3. The summed E-state index contributed by atoms with van der Waals surface area (Å²) in [5.41, 5.74) is 2.41. The number of aliphatic hydroxyl groups excluding tert-OH is 1. The summed E-state index contributed by atoms with van der Waals surface area (Å²) in [6, 6.07) is 15.4. The molecule has 1 aromatic heterocycles. The monoisotopic (exact) mass is 559 g/mol. The average Bonchev–Trinajstić information content (AvgIpc) is 3.54. The summed E-state index contributed by atoms with van der Waals surface area (Å²) in [6.07, 6.45) is 5.82. The first-order valence-corrected chi connectivity index (χ1v) is 14.4. The van der Waals surface area contributed by atoms with Gasteiger partial charge >= 0.3 is 5.97 Å². The number of para-hydroxylation sites is 1. The number of ether oxygens (including phenoxy) is 1. The number of aliphatic hydroxyl groups is 1. The van der Waals surface area contributed by atoms with Gasteiger partial charge < -0.3 is 20.1 Å². The molecular formula is C31H37N5O5. The van der Waals surface area contributed by atoms with Gasteiger partial charge in [-0.05, 0) is 43.4 Å². The van der Waals surface area contributed by atoms with E-state index < -0.39 is 35.8 Å². The van der Waals surface area contributed by atoms with Crippen molar-refractivity contribution in [3.05, 3.63) is 72.3 Å². The van der Waals surface area contributed by atoms with Crippen LogP contribution in [-0.4, -0.2) is 68.1 Å². The molecule has 5 rings (SSSR count). The van der Waals surface area contributed by atoms with E-state index in [4.69, 9.17) is 4.74 Å². The zero-order valence-corrected chi connectivity index (χ0v) is 23.4. The number of carbonyl (C=O) groups excluding carboxylic acids is 3. The number of amides is 2. The Morgan fingerprint density at radius 3 is 2.56 bits per heavy atom. The van der Waals surface area contributed by atoms with Crippen molar-refractivity contribution in [3.63, 3.8) is 0 Å². The molecule has 0 unspecified atom stereocenters. The third-order valence-electron chi connectivity index (χ3n) is 8.24. The van der Waals surface area contributed by atoms with Crippen molar-refractivity contribution in [1.29, 1.82) is 0 Å². The van der Waals surface area contributed by atoms with Gasteiger partial charge in [-0.3, -0.25) is 14.4 Å². The van der Waals surface area contributed by atoms with Crippen LogP contribution in [0, 0.1) is 23.7 Å². The van der Waals surface area contributed by atoms with Gasteiger partial charge in [0, 0.05) is 5.92 Å². The van der Waals surface area contributed by atoms with Crippen LogP contribution in [-0.2, 0) is 32.2 Å². The van der Waals surface area contributed by atoms with Gasteiger partial charge in [0.1, 0.15) is 18.2 Å². The fourth-order valence-corrected chi connectivity index (χ4v) is 6.44. The molecule has 1 fully saturated rings. The number of hydrogen-bond donors (Lipinski definition) is 2. The summed E-state index contributed by atoms with van der Waals surface area (Å²) in [4.78, 5) is 43.1. The van der Waals surface area contributed by atoms with Crippen LogP contribution in [0.5, 0.6) is 0 Å². The number of carbonyl (C=O) groups is 3. The summed E-state index contributed by atoms with van der Waals surface area (Å²) in [6.45, 7) is 3.72. The second kappa shape index (κ2) is 12.6. The molecule has 41 heavy (non-hydrogen) atoms. The molecular weight excluding hydrogens is 522 g/mol. The van der Waals surface area contributed by atoms with Crippen molar-refractivity contribution >= 4 is 28.8 Å². The highest BCUT2D eigenvalue weighted by Crippen LogP contribution is 2.46. The Morgan fingerprint density at radius 2 is 1.83 bits per heavy atom. The predicted octanol–water partition coefficient (Wildman–Crippen LogP) is 2.72. The number of nitrogens with zero attached hydrogens (tertiary/aromatic N) is 4. The Bertz CT molecular complexity index is 1410. The van der Waals surface area contributed by atoms with E-state index in [0.29, 0.717) is 11.9 Å². The number of benzene rings is 2. The molecule has 6 atom stereocenters. The van der Waals surface area contributed by atoms with E-state index in [-0.39, 0.29) is 37.6 Å². The van der Waals surface area contributed by atoms with Crippen LogP contribution in [0.4, 0.5) is 0 Å². The standard InChI is InChI=1S/C31H37N5O5/c1-3-10-21-15-16-23-27(26(21)31(40)41-4-2)30(39)36(22(18-37)17-20-11-6-5-7-12-20)28(23)29(38)32-19-35-25-14-9-8-13-24(25)33-34-35/h5-9,11-16,21-23,26-28,37H,3-4,10,17-19H2,1-2H3,(H,32,38)/t21-,22-,23+,26-,27-,28+/m1/s1. The second-order valence-corrected chi connectivity index (χ2v) is 10.7. The van der Waals surface area contributed by atoms with Gasteiger partial charge in [0.25, 0.3) is 0 Å². The Morgan fingerprint density at radius 1 is 1.07 bits per heavy atom. The Hall–Kier alpha value is -4.05. The van der Waals surface area contributed by atoms with Crippen molar-refractivity contribution in [2.75, 3.05) is 13.2 Å². The highest BCUT2D eigenvalue weighted by molar-refractivity contribution is 5.96. The van der Waals surface area contributed by atoms with Crippen LogP contribution in [0.25, 0.3) is 11.0 Å².